The summed E-state index contributed by atoms with van der Waals surface area (Å²) in [6.45, 7) is 0. The van der Waals surface area contributed by atoms with Crippen LogP contribution < -0.4 is 0 Å². The number of hydrogen-bond donors (Lipinski definition) is 0. The molecule has 348 valence electrons. The van der Waals surface area contributed by atoms with Crippen molar-refractivity contribution in [2.45, 2.75) is 10.8 Å². The number of hydrogen-bond acceptors (Lipinski definition) is 0. The molecule has 0 saturated carbocycles. The summed E-state index contributed by atoms with van der Waals surface area (Å²) < 4.78 is 4.79. The summed E-state index contributed by atoms with van der Waals surface area (Å²) in [6.07, 6.45) is 0. The van der Waals surface area contributed by atoms with Gasteiger partial charge in [0.1, 0.15) is 0 Å². The van der Waals surface area contributed by atoms with Gasteiger partial charge < -0.3 is 9.13 Å². The summed E-state index contributed by atoms with van der Waals surface area (Å²) in [5, 5.41) is 10.4. The summed E-state index contributed by atoms with van der Waals surface area (Å²) in [6, 6.07) is 98.5. The average Bonchev–Trinajstić information content (AvgIpc) is 4.15. The second kappa shape index (κ2) is 16.1. The lowest BCUT2D eigenvalue weighted by Crippen LogP contribution is -2.28. The molecule has 2 aliphatic carbocycles. The minimum atomic E-state index is -0.371. The maximum Gasteiger partial charge on any atom is 0.0714 e. The lowest BCUT2D eigenvalue weighted by Gasteiger charge is -2.33. The molecule has 16 rings (SSSR count). The van der Waals surface area contributed by atoms with Gasteiger partial charge >= 0.3 is 0 Å². The van der Waals surface area contributed by atoms with Crippen molar-refractivity contribution in [2.24, 2.45) is 14.1 Å². The van der Waals surface area contributed by atoms with E-state index in [1.165, 1.54) is 132 Å². The maximum absolute atomic E-state index is 2.47. The number of benzene rings is 12. The fourth-order valence-corrected chi connectivity index (χ4v) is 13.7. The largest absolute Gasteiger partial charge is 0.344 e. The number of aromatic nitrogens is 2. The molecular weight excluding hydrogens is 893 g/mol. The van der Waals surface area contributed by atoms with E-state index in [1.807, 2.05) is 0 Å². The molecule has 74 heavy (non-hydrogen) atoms. The van der Waals surface area contributed by atoms with Crippen molar-refractivity contribution in [2.75, 3.05) is 0 Å². The Morgan fingerprint density at radius 3 is 1.16 bits per heavy atom. The van der Waals surface area contributed by atoms with Crippen molar-refractivity contribution in [3.8, 4) is 22.3 Å². The average molecular weight is 943 g/mol. The number of aryl methyl sites for hydroxylation is 2. The van der Waals surface area contributed by atoms with Crippen LogP contribution in [-0.2, 0) is 24.9 Å². The Morgan fingerprint density at radius 2 is 0.635 bits per heavy atom. The summed E-state index contributed by atoms with van der Waals surface area (Å²) in [5.41, 5.74) is 20.3. The zero-order valence-electron chi connectivity index (χ0n) is 41.3. The molecule has 0 unspecified atom stereocenters. The van der Waals surface area contributed by atoms with E-state index in [0.29, 0.717) is 0 Å². The molecule has 0 N–H and O–H groups in total. The van der Waals surface area contributed by atoms with Crippen LogP contribution >= 0.6 is 0 Å². The van der Waals surface area contributed by atoms with Gasteiger partial charge in [-0.2, -0.15) is 0 Å². The fourth-order valence-electron chi connectivity index (χ4n) is 13.7. The van der Waals surface area contributed by atoms with E-state index >= 15 is 0 Å². The number of rotatable bonds is 4. The van der Waals surface area contributed by atoms with E-state index < -0.39 is 0 Å². The smallest absolute Gasteiger partial charge is 0.0714 e. The summed E-state index contributed by atoms with van der Waals surface area (Å²) in [5.74, 6) is 0. The van der Waals surface area contributed by atoms with Crippen molar-refractivity contribution in [1.82, 2.24) is 9.13 Å². The van der Waals surface area contributed by atoms with Crippen LogP contribution in [0.4, 0.5) is 0 Å². The third-order valence-corrected chi connectivity index (χ3v) is 16.9. The van der Waals surface area contributed by atoms with Crippen LogP contribution in [0.2, 0.25) is 0 Å². The van der Waals surface area contributed by atoms with E-state index in [4.69, 9.17) is 0 Å². The van der Waals surface area contributed by atoms with Crippen molar-refractivity contribution < 1.29 is 0 Å². The Balaban J connectivity index is 0.000000131. The molecule has 0 saturated heterocycles. The van der Waals surface area contributed by atoms with Crippen molar-refractivity contribution >= 4 is 65.2 Å². The molecule has 14 aromatic rings. The first-order valence-corrected chi connectivity index (χ1v) is 25.9. The highest BCUT2D eigenvalue weighted by atomic mass is 14.9. The second-order valence-corrected chi connectivity index (χ2v) is 20.4. The number of fused-ring (bicyclic) bond motifs is 15. The fraction of sp³-hybridized carbons (Fsp3) is 0.0556. The molecule has 0 aliphatic heterocycles. The summed E-state index contributed by atoms with van der Waals surface area (Å²) in [4.78, 5) is 0. The van der Waals surface area contributed by atoms with Crippen LogP contribution in [0, 0.1) is 0 Å². The molecule has 2 heterocycles. The van der Waals surface area contributed by atoms with E-state index in [1.54, 1.807) is 0 Å². The Kier molecular flexibility index (Phi) is 9.25. The SMILES string of the molecule is Cn1c2cc3c(cc2c2cc4ccccc4cc21)-c1ccccc1C3(c1ccccc1)c1ccccc1.Cn1c2cc3ccccc3cc2c2ccc3c(c21)-c1ccccc1C3(c1ccccc1)c1ccccc1. The zero-order valence-corrected chi connectivity index (χ0v) is 41.3. The summed E-state index contributed by atoms with van der Waals surface area (Å²) in [7, 11) is 4.44. The lowest BCUT2D eigenvalue weighted by atomic mass is 9.67. The van der Waals surface area contributed by atoms with Gasteiger partial charge in [-0.05, 0) is 119 Å². The van der Waals surface area contributed by atoms with E-state index in [-0.39, 0.29) is 10.8 Å². The Morgan fingerprint density at radius 1 is 0.257 bits per heavy atom. The molecule has 0 spiro atoms. The van der Waals surface area contributed by atoms with E-state index in [9.17, 15) is 0 Å². The van der Waals surface area contributed by atoms with Crippen LogP contribution in [0.15, 0.2) is 267 Å². The Labute approximate surface area is 430 Å². The third kappa shape index (κ3) is 5.77. The topological polar surface area (TPSA) is 9.86 Å². The van der Waals surface area contributed by atoms with Crippen LogP contribution in [-0.4, -0.2) is 9.13 Å². The van der Waals surface area contributed by atoms with E-state index in [2.05, 4.69) is 290 Å². The molecule has 2 aliphatic rings. The number of nitrogens with zero attached hydrogens (tertiary/aromatic N) is 2. The van der Waals surface area contributed by atoms with Crippen LogP contribution in [0.25, 0.3) is 87.4 Å². The molecule has 0 bridgehead atoms. The lowest BCUT2D eigenvalue weighted by molar-refractivity contribution is 0.768. The van der Waals surface area contributed by atoms with Crippen LogP contribution in [0.3, 0.4) is 0 Å². The van der Waals surface area contributed by atoms with Gasteiger partial charge in [-0.15, -0.1) is 0 Å². The molecule has 0 radical (unpaired) electrons. The standard InChI is InChI=1S/2C36H25N/c1-37-34-21-25-13-9-8-12-24(25)20-30(34)31-22-29-28-18-10-11-19-32(28)36(33(29)23-35(31)37,26-14-4-2-5-15-26)27-16-6-3-7-17-27;1-37-33-23-25-13-9-8-12-24(25)22-30(33)28-20-21-32-34(35(28)37)29-18-10-11-19-31(29)36(32,26-14-4-2-5-15-26)27-16-6-3-7-17-27/h2*2-23H,1H3. The monoisotopic (exact) mass is 942 g/mol. The van der Waals surface area contributed by atoms with Crippen molar-refractivity contribution in [3.63, 3.8) is 0 Å². The zero-order chi connectivity index (χ0) is 49.1. The first-order chi connectivity index (χ1) is 36.5. The van der Waals surface area contributed by atoms with E-state index in [0.717, 1.165) is 0 Å². The van der Waals surface area contributed by atoms with Gasteiger partial charge in [0.15, 0.2) is 0 Å². The first-order valence-electron chi connectivity index (χ1n) is 25.9. The predicted octanol–water partition coefficient (Wildman–Crippen LogP) is 17.7. The van der Waals surface area contributed by atoms with Crippen molar-refractivity contribution in [1.29, 1.82) is 0 Å². The molecule has 2 nitrogen and oxygen atoms in total. The predicted molar refractivity (Wildman–Crippen MR) is 310 cm³/mol. The molecule has 0 fully saturated rings. The first kappa shape index (κ1) is 42.4. The second-order valence-electron chi connectivity index (χ2n) is 20.4. The molecule has 0 amide bonds. The molecule has 2 aromatic heterocycles. The van der Waals surface area contributed by atoms with Gasteiger partial charge in [-0.3, -0.25) is 0 Å². The molecule has 12 aromatic carbocycles. The third-order valence-electron chi connectivity index (χ3n) is 16.9. The Hall–Kier alpha value is -9.24. The van der Waals surface area contributed by atoms with Gasteiger partial charge in [-0.25, -0.2) is 0 Å². The minimum Gasteiger partial charge on any atom is -0.344 e. The molecule has 0 atom stereocenters. The van der Waals surface area contributed by atoms with Gasteiger partial charge in [-0.1, -0.05) is 231 Å². The minimum absolute atomic E-state index is 0.371. The van der Waals surface area contributed by atoms with Crippen LogP contribution in [0.5, 0.6) is 0 Å². The molecule has 2 heteroatoms. The van der Waals surface area contributed by atoms with Gasteiger partial charge in [0.25, 0.3) is 0 Å². The highest BCUT2D eigenvalue weighted by Crippen LogP contribution is 2.59. The summed E-state index contributed by atoms with van der Waals surface area (Å²) >= 11 is 0. The van der Waals surface area contributed by atoms with Crippen LogP contribution in [0.1, 0.15) is 44.5 Å². The molecular formula is C72H50N2. The Bertz CT molecular complexity index is 4360. The van der Waals surface area contributed by atoms with Gasteiger partial charge in [0, 0.05) is 57.8 Å². The van der Waals surface area contributed by atoms with Gasteiger partial charge in [0.2, 0.25) is 0 Å². The highest BCUT2D eigenvalue weighted by molar-refractivity contribution is 6.18. The maximum atomic E-state index is 2.47. The van der Waals surface area contributed by atoms with Gasteiger partial charge in [0.05, 0.1) is 16.3 Å². The van der Waals surface area contributed by atoms with Crippen molar-refractivity contribution in [3.05, 3.63) is 311 Å². The quantitative estimate of drug-likeness (QED) is 0.166. The normalized spacial score (nSPS) is 13.8. The highest BCUT2D eigenvalue weighted by Gasteiger charge is 2.48.